The van der Waals surface area contributed by atoms with Crippen LogP contribution in [-0.4, -0.2) is 37.3 Å². The maximum atomic E-state index is 12.7. The summed E-state index contributed by atoms with van der Waals surface area (Å²) >= 11 is 0. The van der Waals surface area contributed by atoms with Gasteiger partial charge >= 0.3 is 6.09 Å². The van der Waals surface area contributed by atoms with E-state index in [0.717, 1.165) is 33.2 Å². The molecular formula is C23H24N2O5. The number of benzene rings is 2. The summed E-state index contributed by atoms with van der Waals surface area (Å²) in [6.45, 7) is 4.79. The van der Waals surface area contributed by atoms with Crippen LogP contribution >= 0.6 is 0 Å². The Kier molecular flexibility index (Phi) is 5.11. The number of pyridine rings is 1. The minimum absolute atomic E-state index is 0.333. The quantitative estimate of drug-likeness (QED) is 0.624. The third kappa shape index (κ3) is 3.36. The van der Waals surface area contributed by atoms with Crippen molar-refractivity contribution in [1.82, 2.24) is 9.88 Å². The highest BCUT2D eigenvalue weighted by molar-refractivity contribution is 5.87. The normalized spacial score (nSPS) is 13.1. The molecule has 0 spiro atoms. The second-order valence-corrected chi connectivity index (χ2v) is 7.31. The van der Waals surface area contributed by atoms with Gasteiger partial charge in [0.05, 0.1) is 33.4 Å². The maximum absolute atomic E-state index is 12.7. The number of methoxy groups -OCH3 is 3. The Hall–Kier alpha value is -3.48. The molecule has 4 rings (SSSR count). The van der Waals surface area contributed by atoms with Crippen LogP contribution < -0.4 is 18.9 Å². The van der Waals surface area contributed by atoms with Crippen LogP contribution in [0, 0.1) is 13.8 Å². The van der Waals surface area contributed by atoms with Gasteiger partial charge in [0.1, 0.15) is 0 Å². The molecule has 0 fully saturated rings. The first-order chi connectivity index (χ1) is 14.4. The van der Waals surface area contributed by atoms with Crippen molar-refractivity contribution in [3.63, 3.8) is 0 Å². The zero-order valence-corrected chi connectivity index (χ0v) is 17.7. The molecule has 0 unspecified atom stereocenters. The molecule has 0 N–H and O–H groups in total. The van der Waals surface area contributed by atoms with E-state index in [2.05, 4.69) is 24.0 Å². The van der Waals surface area contributed by atoms with E-state index >= 15 is 0 Å². The number of carbonyl (C=O) groups excluding carboxylic acids is 1. The van der Waals surface area contributed by atoms with Crippen LogP contribution in [0.15, 0.2) is 30.3 Å². The van der Waals surface area contributed by atoms with Gasteiger partial charge in [-0.3, -0.25) is 4.90 Å². The van der Waals surface area contributed by atoms with Crippen LogP contribution in [0.2, 0.25) is 0 Å². The van der Waals surface area contributed by atoms with Gasteiger partial charge in [-0.25, -0.2) is 9.78 Å². The number of carbonyl (C=O) groups is 1. The second-order valence-electron chi connectivity index (χ2n) is 7.31. The van der Waals surface area contributed by atoms with Crippen LogP contribution in [-0.2, 0) is 13.1 Å². The van der Waals surface area contributed by atoms with Gasteiger partial charge in [0.2, 0.25) is 11.6 Å². The van der Waals surface area contributed by atoms with Crippen molar-refractivity contribution in [3.8, 4) is 23.1 Å². The Bertz CT molecular complexity index is 1120. The number of ether oxygens (including phenoxy) is 4. The SMILES string of the molecule is COc1cc(CN2Cc3cc4c(C)ccc(C)c4nc3OC2=O)cc(OC)c1OC. The predicted octanol–water partition coefficient (Wildman–Crippen LogP) is 4.39. The number of hydrogen-bond acceptors (Lipinski definition) is 6. The van der Waals surface area contributed by atoms with E-state index in [1.807, 2.05) is 25.1 Å². The predicted molar refractivity (Wildman–Crippen MR) is 113 cm³/mol. The maximum Gasteiger partial charge on any atom is 0.417 e. The lowest BCUT2D eigenvalue weighted by molar-refractivity contribution is 0.133. The average molecular weight is 408 g/mol. The number of fused-ring (bicyclic) bond motifs is 2. The Labute approximate surface area is 175 Å². The molecule has 1 amide bonds. The summed E-state index contributed by atoms with van der Waals surface area (Å²) in [7, 11) is 4.68. The van der Waals surface area contributed by atoms with E-state index in [0.29, 0.717) is 36.2 Å². The lowest BCUT2D eigenvalue weighted by Crippen LogP contribution is -2.36. The summed E-state index contributed by atoms with van der Waals surface area (Å²) in [5.74, 6) is 1.96. The summed E-state index contributed by atoms with van der Waals surface area (Å²) in [4.78, 5) is 18.9. The summed E-state index contributed by atoms with van der Waals surface area (Å²) in [6, 6.07) is 9.83. The summed E-state index contributed by atoms with van der Waals surface area (Å²) in [5.41, 5.74) is 4.77. The van der Waals surface area contributed by atoms with Crippen LogP contribution in [0.3, 0.4) is 0 Å². The first-order valence-electron chi connectivity index (χ1n) is 9.60. The molecule has 7 nitrogen and oxygen atoms in total. The highest BCUT2D eigenvalue weighted by atomic mass is 16.6. The number of rotatable bonds is 5. The molecule has 156 valence electrons. The standard InChI is InChI=1S/C23H24N2O5/c1-13-6-7-14(2)20-17(13)10-16-12-25(23(26)30-22(16)24-20)11-15-8-18(27-3)21(29-5)19(9-15)28-4/h6-10H,11-12H2,1-5H3. The molecule has 1 aliphatic rings. The van der Waals surface area contributed by atoms with Gasteiger partial charge in [0, 0.05) is 17.5 Å². The molecule has 1 aromatic heterocycles. The molecule has 2 aromatic carbocycles. The van der Waals surface area contributed by atoms with Crippen LogP contribution in [0.25, 0.3) is 10.9 Å². The van der Waals surface area contributed by atoms with Gasteiger partial charge in [-0.15, -0.1) is 0 Å². The number of nitrogens with zero attached hydrogens (tertiary/aromatic N) is 2. The van der Waals surface area contributed by atoms with Crippen molar-refractivity contribution in [2.45, 2.75) is 26.9 Å². The lowest BCUT2D eigenvalue weighted by atomic mass is 10.0. The van der Waals surface area contributed by atoms with Crippen LogP contribution in [0.1, 0.15) is 22.3 Å². The molecule has 0 radical (unpaired) electrons. The van der Waals surface area contributed by atoms with E-state index in [4.69, 9.17) is 18.9 Å². The number of amides is 1. The van der Waals surface area contributed by atoms with Gasteiger partial charge in [0.25, 0.3) is 0 Å². The molecule has 0 saturated carbocycles. The minimum atomic E-state index is -0.437. The van der Waals surface area contributed by atoms with Gasteiger partial charge in [-0.1, -0.05) is 12.1 Å². The summed E-state index contributed by atoms with van der Waals surface area (Å²) < 4.78 is 21.8. The fraction of sp³-hybridized carbons (Fsp3) is 0.304. The minimum Gasteiger partial charge on any atom is -0.493 e. The summed E-state index contributed by atoms with van der Waals surface area (Å²) in [6.07, 6.45) is -0.437. The van der Waals surface area contributed by atoms with Crippen molar-refractivity contribution in [1.29, 1.82) is 0 Å². The van der Waals surface area contributed by atoms with Crippen molar-refractivity contribution in [2.24, 2.45) is 0 Å². The highest BCUT2D eigenvalue weighted by Crippen LogP contribution is 2.39. The van der Waals surface area contributed by atoms with Gasteiger partial charge < -0.3 is 18.9 Å². The number of hydrogen-bond donors (Lipinski definition) is 0. The van der Waals surface area contributed by atoms with Gasteiger partial charge in [-0.05, 0) is 48.7 Å². The molecule has 0 atom stereocenters. The van der Waals surface area contributed by atoms with E-state index in [1.165, 1.54) is 0 Å². The van der Waals surface area contributed by atoms with Crippen molar-refractivity contribution >= 4 is 17.0 Å². The largest absolute Gasteiger partial charge is 0.493 e. The van der Waals surface area contributed by atoms with Crippen molar-refractivity contribution in [2.75, 3.05) is 21.3 Å². The fourth-order valence-electron chi connectivity index (χ4n) is 3.74. The molecular weight excluding hydrogens is 384 g/mol. The van der Waals surface area contributed by atoms with E-state index in [1.54, 1.807) is 26.2 Å². The second kappa shape index (κ2) is 7.74. The van der Waals surface area contributed by atoms with E-state index in [9.17, 15) is 4.79 Å². The Morgan fingerprint density at radius 2 is 1.67 bits per heavy atom. The molecule has 0 bridgehead atoms. The average Bonchev–Trinajstić information content (AvgIpc) is 2.75. The van der Waals surface area contributed by atoms with Crippen LogP contribution in [0.4, 0.5) is 4.79 Å². The van der Waals surface area contributed by atoms with Crippen molar-refractivity contribution < 1.29 is 23.7 Å². The molecule has 0 aliphatic carbocycles. The highest BCUT2D eigenvalue weighted by Gasteiger charge is 2.28. The smallest absolute Gasteiger partial charge is 0.417 e. The lowest BCUT2D eigenvalue weighted by Gasteiger charge is -2.28. The summed E-state index contributed by atoms with van der Waals surface area (Å²) in [5, 5.41) is 1.07. The first-order valence-corrected chi connectivity index (χ1v) is 9.60. The zero-order valence-electron chi connectivity index (χ0n) is 17.7. The monoisotopic (exact) mass is 408 g/mol. The van der Waals surface area contributed by atoms with Gasteiger partial charge in [-0.2, -0.15) is 0 Å². The Morgan fingerprint density at radius 3 is 2.30 bits per heavy atom. The van der Waals surface area contributed by atoms with Crippen LogP contribution in [0.5, 0.6) is 23.1 Å². The molecule has 30 heavy (non-hydrogen) atoms. The zero-order chi connectivity index (χ0) is 21.4. The fourth-order valence-corrected chi connectivity index (χ4v) is 3.74. The Balaban J connectivity index is 1.68. The topological polar surface area (TPSA) is 70.1 Å². The molecule has 2 heterocycles. The molecule has 3 aromatic rings. The molecule has 0 saturated heterocycles. The number of aromatic nitrogens is 1. The van der Waals surface area contributed by atoms with Gasteiger partial charge in [0.15, 0.2) is 11.5 Å². The molecule has 1 aliphatic heterocycles. The van der Waals surface area contributed by atoms with Crippen molar-refractivity contribution in [3.05, 3.63) is 52.6 Å². The Morgan fingerprint density at radius 1 is 1.00 bits per heavy atom. The van der Waals surface area contributed by atoms with E-state index in [-0.39, 0.29) is 0 Å². The third-order valence-corrected chi connectivity index (χ3v) is 5.34. The third-order valence-electron chi connectivity index (χ3n) is 5.34. The van der Waals surface area contributed by atoms with E-state index < -0.39 is 6.09 Å². The molecule has 7 heteroatoms. The number of aryl methyl sites for hydroxylation is 2. The first kappa shape index (κ1) is 19.8.